The maximum atomic E-state index is 14.4. The third-order valence-electron chi connectivity index (χ3n) is 5.10. The van der Waals surface area contributed by atoms with Crippen molar-refractivity contribution < 1.29 is 18.3 Å². The van der Waals surface area contributed by atoms with Crippen LogP contribution in [0.1, 0.15) is 65.0 Å². The van der Waals surface area contributed by atoms with Crippen LogP contribution in [0.3, 0.4) is 0 Å². The number of piperidine rings is 1. The molecule has 6 heteroatoms. The van der Waals surface area contributed by atoms with Crippen molar-refractivity contribution in [2.45, 2.75) is 76.6 Å². The van der Waals surface area contributed by atoms with Crippen LogP contribution < -0.4 is 5.32 Å². The number of nitrogens with one attached hydrogen (secondary N) is 1. The minimum atomic E-state index is -0.640. The zero-order chi connectivity index (χ0) is 19.1. The van der Waals surface area contributed by atoms with E-state index in [0.717, 1.165) is 31.4 Å². The second-order valence-corrected chi connectivity index (χ2v) is 8.78. The molecule has 2 fully saturated rings. The maximum Gasteiger partial charge on any atom is 0.410 e. The van der Waals surface area contributed by atoms with Gasteiger partial charge in [0.05, 0.1) is 6.04 Å². The number of ether oxygens (including phenoxy) is 1. The highest BCUT2D eigenvalue weighted by molar-refractivity contribution is 5.69. The summed E-state index contributed by atoms with van der Waals surface area (Å²) in [6.45, 7) is 8.01. The number of hydrogen-bond donors (Lipinski definition) is 1. The van der Waals surface area contributed by atoms with Crippen molar-refractivity contribution in [3.8, 4) is 0 Å². The number of halogens is 2. The lowest BCUT2D eigenvalue weighted by molar-refractivity contribution is 0.00566. The zero-order valence-electron chi connectivity index (χ0n) is 15.9. The average molecular weight is 366 g/mol. The summed E-state index contributed by atoms with van der Waals surface area (Å²) in [7, 11) is 0. The molecule has 1 aromatic carbocycles. The van der Waals surface area contributed by atoms with Gasteiger partial charge in [0.1, 0.15) is 17.2 Å². The quantitative estimate of drug-likeness (QED) is 0.853. The predicted octanol–water partition coefficient (Wildman–Crippen LogP) is 4.55. The number of carbonyl (C=O) groups excluding carboxylic acids is 1. The van der Waals surface area contributed by atoms with Gasteiger partial charge in [-0.1, -0.05) is 0 Å². The second kappa shape index (κ2) is 6.80. The van der Waals surface area contributed by atoms with Gasteiger partial charge >= 0.3 is 6.09 Å². The number of hydrogen-bond acceptors (Lipinski definition) is 3. The molecule has 0 bridgehead atoms. The van der Waals surface area contributed by atoms with Gasteiger partial charge in [-0.05, 0) is 71.6 Å². The van der Waals surface area contributed by atoms with Gasteiger partial charge in [-0.25, -0.2) is 13.6 Å². The van der Waals surface area contributed by atoms with E-state index < -0.39 is 29.4 Å². The number of carbonyl (C=O) groups is 1. The van der Waals surface area contributed by atoms with Crippen molar-refractivity contribution in [3.63, 3.8) is 0 Å². The largest absolute Gasteiger partial charge is 0.444 e. The fourth-order valence-electron chi connectivity index (χ4n) is 3.52. The van der Waals surface area contributed by atoms with E-state index in [0.29, 0.717) is 13.0 Å². The Hall–Kier alpha value is -1.69. The van der Waals surface area contributed by atoms with Gasteiger partial charge in [-0.2, -0.15) is 0 Å². The first kappa shape index (κ1) is 19.1. The molecule has 1 amide bonds. The molecule has 2 atom stereocenters. The molecule has 0 aromatic heterocycles. The average Bonchev–Trinajstić information content (AvgIpc) is 3.25. The first-order chi connectivity index (χ1) is 12.1. The van der Waals surface area contributed by atoms with Crippen LogP contribution in [0.15, 0.2) is 18.2 Å². The summed E-state index contributed by atoms with van der Waals surface area (Å²) in [5.41, 5.74) is -0.286. The molecule has 0 radical (unpaired) electrons. The lowest BCUT2D eigenvalue weighted by atomic mass is 9.91. The van der Waals surface area contributed by atoms with Crippen LogP contribution >= 0.6 is 0 Å². The number of rotatable bonds is 3. The highest BCUT2D eigenvalue weighted by atomic mass is 19.1. The van der Waals surface area contributed by atoms with Crippen LogP contribution in [0.5, 0.6) is 0 Å². The standard InChI is InChI=1S/C20H28F2N2O2/c1-19(2,3)26-18(25)24-10-7-14(23-20(4)8-9-20)12-17(24)15-11-13(21)5-6-16(15)22/h5-6,11,14,17,23H,7-10,12H2,1-4H3/t14?,17-/m0/s1. The Morgan fingerprint density at radius 1 is 1.31 bits per heavy atom. The fraction of sp³-hybridized carbons (Fsp3) is 0.650. The highest BCUT2D eigenvalue weighted by Crippen LogP contribution is 2.39. The van der Waals surface area contributed by atoms with Crippen molar-refractivity contribution in [1.29, 1.82) is 0 Å². The first-order valence-corrected chi connectivity index (χ1v) is 9.29. The summed E-state index contributed by atoms with van der Waals surface area (Å²) in [5, 5.41) is 3.62. The topological polar surface area (TPSA) is 41.6 Å². The van der Waals surface area contributed by atoms with Crippen molar-refractivity contribution in [1.82, 2.24) is 10.2 Å². The number of benzene rings is 1. The molecule has 1 saturated heterocycles. The molecule has 1 unspecified atom stereocenters. The summed E-state index contributed by atoms with van der Waals surface area (Å²) in [6.07, 6.45) is 3.07. The van der Waals surface area contributed by atoms with Crippen molar-refractivity contribution in [3.05, 3.63) is 35.4 Å². The summed E-state index contributed by atoms with van der Waals surface area (Å²) >= 11 is 0. The fourth-order valence-corrected chi connectivity index (χ4v) is 3.52. The third kappa shape index (κ3) is 4.53. The van der Waals surface area contributed by atoms with Gasteiger partial charge in [0.25, 0.3) is 0 Å². The summed E-state index contributed by atoms with van der Waals surface area (Å²) < 4.78 is 33.7. The Labute approximate surface area is 153 Å². The van der Waals surface area contributed by atoms with Crippen molar-refractivity contribution in [2.75, 3.05) is 6.54 Å². The van der Waals surface area contributed by atoms with Gasteiger partial charge < -0.3 is 15.0 Å². The SMILES string of the molecule is CC1(NC2CCN(C(=O)OC(C)(C)C)[C@H](c3cc(F)ccc3F)C2)CC1. The molecule has 144 valence electrons. The maximum absolute atomic E-state index is 14.4. The molecule has 1 aliphatic carbocycles. The molecule has 4 nitrogen and oxygen atoms in total. The lowest BCUT2D eigenvalue weighted by Gasteiger charge is -2.41. The number of nitrogens with zero attached hydrogens (tertiary/aromatic N) is 1. The summed E-state index contributed by atoms with van der Waals surface area (Å²) in [5.74, 6) is -1.00. The smallest absolute Gasteiger partial charge is 0.410 e. The van der Waals surface area contributed by atoms with Crippen molar-refractivity contribution >= 4 is 6.09 Å². The molecule has 2 aliphatic rings. The molecule has 1 heterocycles. The van der Waals surface area contributed by atoms with E-state index in [2.05, 4.69) is 12.2 Å². The minimum absolute atomic E-state index is 0.143. The van der Waals surface area contributed by atoms with Crippen LogP contribution in [0.2, 0.25) is 0 Å². The Morgan fingerprint density at radius 2 is 2.00 bits per heavy atom. The molecule has 1 aromatic rings. The van der Waals surface area contributed by atoms with Gasteiger partial charge in [0.2, 0.25) is 0 Å². The molecule has 1 saturated carbocycles. The number of likely N-dealkylation sites (tertiary alicyclic amines) is 1. The molecular weight excluding hydrogens is 338 g/mol. The Morgan fingerprint density at radius 3 is 2.62 bits per heavy atom. The Bertz CT molecular complexity index is 683. The normalized spacial score (nSPS) is 25.1. The van der Waals surface area contributed by atoms with Crippen LogP contribution in [0.25, 0.3) is 0 Å². The van der Waals surface area contributed by atoms with Gasteiger partial charge in [0.15, 0.2) is 0 Å². The van der Waals surface area contributed by atoms with Crippen molar-refractivity contribution in [2.24, 2.45) is 0 Å². The lowest BCUT2D eigenvalue weighted by Crippen LogP contribution is -2.50. The van der Waals surface area contributed by atoms with Gasteiger partial charge in [-0.3, -0.25) is 0 Å². The monoisotopic (exact) mass is 366 g/mol. The minimum Gasteiger partial charge on any atom is -0.444 e. The predicted molar refractivity (Wildman–Crippen MR) is 95.8 cm³/mol. The van der Waals surface area contributed by atoms with E-state index in [1.165, 1.54) is 11.0 Å². The first-order valence-electron chi connectivity index (χ1n) is 9.29. The molecule has 3 rings (SSSR count). The van der Waals surface area contributed by atoms with E-state index in [-0.39, 0.29) is 17.1 Å². The van der Waals surface area contributed by atoms with Gasteiger partial charge in [-0.15, -0.1) is 0 Å². The molecule has 1 aliphatic heterocycles. The number of amides is 1. The van der Waals surface area contributed by atoms with Crippen LogP contribution in [-0.2, 0) is 4.74 Å². The zero-order valence-corrected chi connectivity index (χ0v) is 15.9. The third-order valence-corrected chi connectivity index (χ3v) is 5.10. The molecule has 1 N–H and O–H groups in total. The van der Waals surface area contributed by atoms with E-state index in [4.69, 9.17) is 4.74 Å². The van der Waals surface area contributed by atoms with Crippen LogP contribution in [-0.4, -0.2) is 34.7 Å². The molecular formula is C20H28F2N2O2. The molecule has 26 heavy (non-hydrogen) atoms. The summed E-state index contributed by atoms with van der Waals surface area (Å²) in [6, 6.07) is 3.03. The van der Waals surface area contributed by atoms with Crippen LogP contribution in [0.4, 0.5) is 13.6 Å². The molecule has 0 spiro atoms. The summed E-state index contributed by atoms with van der Waals surface area (Å²) in [4.78, 5) is 14.2. The van der Waals surface area contributed by atoms with E-state index in [1.807, 2.05) is 0 Å². The Balaban J connectivity index is 1.85. The van der Waals surface area contributed by atoms with Crippen LogP contribution in [0, 0.1) is 11.6 Å². The van der Waals surface area contributed by atoms with E-state index in [1.54, 1.807) is 20.8 Å². The Kier molecular flexibility index (Phi) is 4.99. The second-order valence-electron chi connectivity index (χ2n) is 8.78. The van der Waals surface area contributed by atoms with E-state index >= 15 is 0 Å². The van der Waals surface area contributed by atoms with Gasteiger partial charge in [0, 0.05) is 23.7 Å². The highest BCUT2D eigenvalue weighted by Gasteiger charge is 2.42. The van der Waals surface area contributed by atoms with E-state index in [9.17, 15) is 13.6 Å².